The SMILES string of the molecule is [CH2]c1ccc(OCCNC(=O)[C@H](N)CCCCNC(=O)CCCC[C@@H]2SC[C@@H]3NC(=O)N[C@@H]32)cc1. The Labute approximate surface area is 212 Å². The number of urea groups is 1. The molecule has 1 aromatic carbocycles. The van der Waals surface area contributed by atoms with E-state index in [0.29, 0.717) is 37.8 Å². The number of ether oxygens (including phenoxy) is 1. The second kappa shape index (κ2) is 14.2. The summed E-state index contributed by atoms with van der Waals surface area (Å²) in [4.78, 5) is 35.6. The normalized spacial score (nSPS) is 21.5. The van der Waals surface area contributed by atoms with Crippen molar-refractivity contribution in [3.05, 3.63) is 36.8 Å². The zero-order valence-corrected chi connectivity index (χ0v) is 21.0. The van der Waals surface area contributed by atoms with Crippen LogP contribution in [-0.4, -0.2) is 66.7 Å². The summed E-state index contributed by atoms with van der Waals surface area (Å²) >= 11 is 1.90. The highest BCUT2D eigenvalue weighted by Gasteiger charge is 2.42. The molecule has 0 aromatic heterocycles. The number of hydrogen-bond donors (Lipinski definition) is 5. The van der Waals surface area contributed by atoms with Crippen molar-refractivity contribution in [3.63, 3.8) is 0 Å². The van der Waals surface area contributed by atoms with Crippen LogP contribution in [0.2, 0.25) is 0 Å². The Morgan fingerprint density at radius 1 is 1.11 bits per heavy atom. The average molecular weight is 505 g/mol. The standard InChI is InChI=1S/C25H38N5O4S/c1-17-9-11-18(12-10-17)34-15-14-28-24(32)19(26)6-4-5-13-27-22(31)8-3-2-7-21-23-20(16-35-21)29-25(33)30-23/h9-12,19-21,23H,1-8,13-16,26H2,(H,27,31)(H,28,32)(H2,29,30,33)/t19-,20+,21+,23+/m1/s1. The average Bonchev–Trinajstić information content (AvgIpc) is 3.39. The summed E-state index contributed by atoms with van der Waals surface area (Å²) in [6, 6.07) is 7.26. The maximum Gasteiger partial charge on any atom is 0.315 e. The van der Waals surface area contributed by atoms with Crippen LogP contribution in [0.25, 0.3) is 0 Å². The Bertz CT molecular complexity index is 838. The van der Waals surface area contributed by atoms with Gasteiger partial charge in [0, 0.05) is 24.0 Å². The molecule has 0 aliphatic carbocycles. The van der Waals surface area contributed by atoms with Gasteiger partial charge in [-0.25, -0.2) is 4.79 Å². The summed E-state index contributed by atoms with van der Waals surface area (Å²) < 4.78 is 5.57. The number of nitrogens with one attached hydrogen (secondary N) is 4. The van der Waals surface area contributed by atoms with Gasteiger partial charge < -0.3 is 31.7 Å². The fourth-order valence-corrected chi connectivity index (χ4v) is 5.81. The van der Waals surface area contributed by atoms with Crippen LogP contribution < -0.4 is 31.7 Å². The third-order valence-electron chi connectivity index (χ3n) is 6.27. The Morgan fingerprint density at radius 2 is 1.91 bits per heavy atom. The van der Waals surface area contributed by atoms with Crippen molar-refractivity contribution in [2.45, 2.75) is 68.3 Å². The summed E-state index contributed by atoms with van der Waals surface area (Å²) in [6.45, 7) is 5.17. The molecule has 2 heterocycles. The van der Waals surface area contributed by atoms with E-state index < -0.39 is 6.04 Å². The number of hydrogen-bond acceptors (Lipinski definition) is 6. The minimum absolute atomic E-state index is 0.0599. The topological polar surface area (TPSA) is 135 Å². The first-order valence-electron chi connectivity index (χ1n) is 12.5. The molecule has 2 saturated heterocycles. The molecule has 1 aromatic rings. The lowest BCUT2D eigenvalue weighted by Gasteiger charge is -2.16. The molecule has 6 N–H and O–H groups in total. The first kappa shape index (κ1) is 27.1. The molecular formula is C25H38N5O4S. The van der Waals surface area contributed by atoms with E-state index in [-0.39, 0.29) is 29.9 Å². The van der Waals surface area contributed by atoms with Crippen molar-refractivity contribution in [3.8, 4) is 5.75 Å². The van der Waals surface area contributed by atoms with E-state index in [1.807, 2.05) is 36.0 Å². The Morgan fingerprint density at radius 3 is 2.71 bits per heavy atom. The van der Waals surface area contributed by atoms with Crippen molar-refractivity contribution in [1.82, 2.24) is 21.3 Å². The van der Waals surface area contributed by atoms with Gasteiger partial charge in [-0.2, -0.15) is 11.8 Å². The highest BCUT2D eigenvalue weighted by atomic mass is 32.2. The van der Waals surface area contributed by atoms with E-state index in [2.05, 4.69) is 28.2 Å². The van der Waals surface area contributed by atoms with E-state index >= 15 is 0 Å². The monoisotopic (exact) mass is 504 g/mol. The van der Waals surface area contributed by atoms with Crippen LogP contribution in [0.5, 0.6) is 5.75 Å². The third-order valence-corrected chi connectivity index (χ3v) is 7.78. The molecule has 2 aliphatic rings. The van der Waals surface area contributed by atoms with Crippen molar-refractivity contribution in [2.75, 3.05) is 25.4 Å². The summed E-state index contributed by atoms with van der Waals surface area (Å²) in [6.07, 6.45) is 5.46. The number of nitrogens with two attached hydrogens (primary N) is 1. The molecule has 0 saturated carbocycles. The Balaban J connectivity index is 1.13. The molecule has 1 radical (unpaired) electrons. The predicted octanol–water partition coefficient (Wildman–Crippen LogP) is 1.70. The molecule has 2 aliphatic heterocycles. The van der Waals surface area contributed by atoms with E-state index in [0.717, 1.165) is 49.2 Å². The number of rotatable bonds is 15. The molecule has 3 rings (SSSR count). The van der Waals surface area contributed by atoms with Gasteiger partial charge in [0.2, 0.25) is 11.8 Å². The van der Waals surface area contributed by atoms with Gasteiger partial charge in [0.15, 0.2) is 0 Å². The molecule has 0 unspecified atom stereocenters. The number of carbonyl (C=O) groups excluding carboxylic acids is 3. The number of amides is 4. The zero-order chi connectivity index (χ0) is 25.0. The van der Waals surface area contributed by atoms with Crippen molar-refractivity contribution in [2.24, 2.45) is 5.73 Å². The van der Waals surface area contributed by atoms with Gasteiger partial charge in [-0.05, 0) is 56.7 Å². The molecule has 10 heteroatoms. The quantitative estimate of drug-likeness (QED) is 0.182. The molecule has 4 amide bonds. The summed E-state index contributed by atoms with van der Waals surface area (Å²) in [7, 11) is 0. The lowest BCUT2D eigenvalue weighted by molar-refractivity contribution is -0.123. The first-order chi connectivity index (χ1) is 16.9. The second-order valence-corrected chi connectivity index (χ2v) is 10.4. The van der Waals surface area contributed by atoms with Crippen LogP contribution in [-0.2, 0) is 9.59 Å². The van der Waals surface area contributed by atoms with Crippen LogP contribution in [0.4, 0.5) is 4.79 Å². The largest absolute Gasteiger partial charge is 0.492 e. The molecule has 4 atom stereocenters. The maximum absolute atomic E-state index is 12.1. The highest BCUT2D eigenvalue weighted by molar-refractivity contribution is 8.00. The van der Waals surface area contributed by atoms with E-state index in [9.17, 15) is 14.4 Å². The smallest absolute Gasteiger partial charge is 0.315 e. The molecule has 2 fully saturated rings. The molecular weight excluding hydrogens is 466 g/mol. The van der Waals surface area contributed by atoms with Gasteiger partial charge in [0.25, 0.3) is 0 Å². The molecule has 0 spiro atoms. The van der Waals surface area contributed by atoms with Gasteiger partial charge in [-0.3, -0.25) is 9.59 Å². The number of carbonyl (C=O) groups is 3. The summed E-state index contributed by atoms with van der Waals surface area (Å²) in [5.41, 5.74) is 6.89. The van der Waals surface area contributed by atoms with Crippen LogP contribution in [0.1, 0.15) is 50.5 Å². The summed E-state index contributed by atoms with van der Waals surface area (Å²) in [5.74, 6) is 1.57. The van der Waals surface area contributed by atoms with Gasteiger partial charge in [-0.15, -0.1) is 0 Å². The molecule has 193 valence electrons. The second-order valence-electron chi connectivity index (χ2n) is 9.10. The highest BCUT2D eigenvalue weighted by Crippen LogP contribution is 2.33. The van der Waals surface area contributed by atoms with Gasteiger partial charge in [0.05, 0.1) is 24.7 Å². The third kappa shape index (κ3) is 9.25. The van der Waals surface area contributed by atoms with E-state index in [1.54, 1.807) is 0 Å². The minimum atomic E-state index is -0.566. The molecule has 9 nitrogen and oxygen atoms in total. The Hall–Kier alpha value is -2.46. The number of unbranched alkanes of at least 4 members (excludes halogenated alkanes) is 2. The van der Waals surface area contributed by atoms with Gasteiger partial charge in [-0.1, -0.05) is 18.6 Å². The van der Waals surface area contributed by atoms with Crippen molar-refractivity contribution in [1.29, 1.82) is 0 Å². The van der Waals surface area contributed by atoms with Crippen molar-refractivity contribution < 1.29 is 19.1 Å². The molecule has 0 bridgehead atoms. The van der Waals surface area contributed by atoms with E-state index in [4.69, 9.17) is 10.5 Å². The molecule has 35 heavy (non-hydrogen) atoms. The fraction of sp³-hybridized carbons (Fsp3) is 0.600. The summed E-state index contributed by atoms with van der Waals surface area (Å²) in [5, 5.41) is 12.1. The number of benzene rings is 1. The predicted molar refractivity (Wildman–Crippen MR) is 138 cm³/mol. The van der Waals surface area contributed by atoms with Crippen molar-refractivity contribution >= 4 is 29.6 Å². The Kier molecular flexibility index (Phi) is 11.0. The maximum atomic E-state index is 12.1. The van der Waals surface area contributed by atoms with Crippen LogP contribution in [0.15, 0.2) is 24.3 Å². The number of fused-ring (bicyclic) bond motifs is 1. The zero-order valence-electron chi connectivity index (χ0n) is 20.2. The van der Waals surface area contributed by atoms with Crippen LogP contribution >= 0.6 is 11.8 Å². The fourth-order valence-electron chi connectivity index (χ4n) is 4.27. The van der Waals surface area contributed by atoms with Crippen LogP contribution in [0.3, 0.4) is 0 Å². The van der Waals surface area contributed by atoms with Gasteiger partial charge >= 0.3 is 6.03 Å². The van der Waals surface area contributed by atoms with E-state index in [1.165, 1.54) is 0 Å². The number of thioether (sulfide) groups is 1. The lowest BCUT2D eigenvalue weighted by atomic mass is 10.0. The van der Waals surface area contributed by atoms with Crippen LogP contribution in [0, 0.1) is 6.92 Å². The first-order valence-corrected chi connectivity index (χ1v) is 13.5. The minimum Gasteiger partial charge on any atom is -0.492 e. The lowest BCUT2D eigenvalue weighted by Crippen LogP contribution is -2.42. The van der Waals surface area contributed by atoms with Gasteiger partial charge in [0.1, 0.15) is 12.4 Å².